The van der Waals surface area contributed by atoms with E-state index in [9.17, 15) is 13.2 Å². The SMILES string of the molecule is CCC1(CC)C[C@H](NC(=O)c2ccc(C)c(S(=O)(=O)Nc3cccc(C)c3C)c2)c2ccccc2O1. The van der Waals surface area contributed by atoms with Gasteiger partial charge in [0, 0.05) is 17.5 Å². The minimum atomic E-state index is -3.90. The van der Waals surface area contributed by atoms with Gasteiger partial charge in [-0.3, -0.25) is 9.52 Å². The zero-order chi connectivity index (χ0) is 26.1. The molecule has 0 radical (unpaired) electrons. The highest BCUT2D eigenvalue weighted by Crippen LogP contribution is 2.42. The fraction of sp³-hybridized carbons (Fsp3) is 0.345. The summed E-state index contributed by atoms with van der Waals surface area (Å²) in [6, 6.07) is 17.8. The molecule has 0 saturated carbocycles. The Balaban J connectivity index is 1.63. The van der Waals surface area contributed by atoms with Crippen molar-refractivity contribution in [1.82, 2.24) is 5.32 Å². The summed E-state index contributed by atoms with van der Waals surface area (Å²) < 4.78 is 35.7. The van der Waals surface area contributed by atoms with Gasteiger partial charge in [0.25, 0.3) is 15.9 Å². The van der Waals surface area contributed by atoms with Crippen molar-refractivity contribution < 1.29 is 17.9 Å². The molecule has 3 aromatic carbocycles. The van der Waals surface area contributed by atoms with E-state index in [1.807, 2.05) is 50.2 Å². The number of hydrogen-bond donors (Lipinski definition) is 2. The number of ether oxygens (including phenoxy) is 1. The molecule has 0 aliphatic carbocycles. The number of hydrogen-bond acceptors (Lipinski definition) is 4. The molecule has 6 nitrogen and oxygen atoms in total. The molecule has 36 heavy (non-hydrogen) atoms. The van der Waals surface area contributed by atoms with Crippen LogP contribution < -0.4 is 14.8 Å². The van der Waals surface area contributed by atoms with Gasteiger partial charge in [0.15, 0.2) is 0 Å². The number of carbonyl (C=O) groups excluding carboxylic acids is 1. The van der Waals surface area contributed by atoms with Crippen molar-refractivity contribution in [3.8, 4) is 5.75 Å². The summed E-state index contributed by atoms with van der Waals surface area (Å²) in [7, 11) is -3.90. The largest absolute Gasteiger partial charge is 0.487 e. The van der Waals surface area contributed by atoms with Gasteiger partial charge in [-0.2, -0.15) is 0 Å². The quantitative estimate of drug-likeness (QED) is 0.398. The van der Waals surface area contributed by atoms with Gasteiger partial charge in [-0.05, 0) is 74.6 Å². The second-order valence-electron chi connectivity index (χ2n) is 9.59. The third-order valence-corrected chi connectivity index (χ3v) is 8.89. The first-order valence-corrected chi connectivity index (χ1v) is 13.9. The molecular formula is C29H34N2O4S. The van der Waals surface area contributed by atoms with Gasteiger partial charge < -0.3 is 10.1 Å². The minimum Gasteiger partial charge on any atom is -0.487 e. The predicted octanol–water partition coefficient (Wildman–Crippen LogP) is 6.23. The van der Waals surface area contributed by atoms with E-state index in [2.05, 4.69) is 23.9 Å². The highest BCUT2D eigenvalue weighted by molar-refractivity contribution is 7.92. The van der Waals surface area contributed by atoms with Crippen LogP contribution in [0.4, 0.5) is 5.69 Å². The summed E-state index contributed by atoms with van der Waals surface area (Å²) in [5.74, 6) is 0.462. The van der Waals surface area contributed by atoms with E-state index in [1.54, 1.807) is 25.1 Å². The fourth-order valence-electron chi connectivity index (χ4n) is 4.76. The van der Waals surface area contributed by atoms with Gasteiger partial charge in [-0.15, -0.1) is 0 Å². The molecule has 0 unspecified atom stereocenters. The van der Waals surface area contributed by atoms with E-state index < -0.39 is 10.0 Å². The number of benzene rings is 3. The van der Waals surface area contributed by atoms with Gasteiger partial charge in [0.2, 0.25) is 0 Å². The second-order valence-corrected chi connectivity index (χ2v) is 11.2. The van der Waals surface area contributed by atoms with Crippen molar-refractivity contribution in [2.75, 3.05) is 4.72 Å². The van der Waals surface area contributed by atoms with E-state index >= 15 is 0 Å². The average Bonchev–Trinajstić information content (AvgIpc) is 2.86. The molecule has 0 spiro atoms. The Morgan fingerprint density at radius 2 is 1.69 bits per heavy atom. The van der Waals surface area contributed by atoms with Crippen LogP contribution in [0.1, 0.15) is 71.8 Å². The number of fused-ring (bicyclic) bond motifs is 1. The van der Waals surface area contributed by atoms with Gasteiger partial charge in [0.1, 0.15) is 11.4 Å². The summed E-state index contributed by atoms with van der Waals surface area (Å²) in [5.41, 5.74) is 3.82. The lowest BCUT2D eigenvalue weighted by molar-refractivity contribution is 0.0227. The number of sulfonamides is 1. The summed E-state index contributed by atoms with van der Waals surface area (Å²) >= 11 is 0. The van der Waals surface area contributed by atoms with Crippen LogP contribution in [0.5, 0.6) is 5.75 Å². The highest BCUT2D eigenvalue weighted by Gasteiger charge is 2.39. The van der Waals surface area contributed by atoms with Crippen LogP contribution in [0.2, 0.25) is 0 Å². The molecule has 4 rings (SSSR count). The van der Waals surface area contributed by atoms with E-state index in [0.717, 1.165) is 35.3 Å². The number of carbonyl (C=O) groups is 1. The normalized spacial score (nSPS) is 16.5. The lowest BCUT2D eigenvalue weighted by atomic mass is 9.83. The van der Waals surface area contributed by atoms with Crippen LogP contribution in [0, 0.1) is 20.8 Å². The second kappa shape index (κ2) is 9.97. The Morgan fingerprint density at radius 3 is 2.42 bits per heavy atom. The van der Waals surface area contributed by atoms with Crippen molar-refractivity contribution in [3.63, 3.8) is 0 Å². The Morgan fingerprint density at radius 1 is 0.972 bits per heavy atom. The molecule has 0 aromatic heterocycles. The molecule has 2 N–H and O–H groups in total. The summed E-state index contributed by atoms with van der Waals surface area (Å²) in [6.45, 7) is 9.73. The van der Waals surface area contributed by atoms with Crippen LogP contribution in [-0.4, -0.2) is 19.9 Å². The standard InChI is InChI=1S/C29H34N2O4S/c1-6-29(7-2)18-25(23-12-8-9-14-26(23)35-29)30-28(32)22-16-15-20(4)27(17-22)36(33,34)31-24-13-10-11-19(3)21(24)5/h8-17,25,31H,6-7,18H2,1-5H3,(H,30,32)/t25-/m0/s1. The van der Waals surface area contributed by atoms with Gasteiger partial charge in [0.05, 0.1) is 16.6 Å². The molecule has 3 aromatic rings. The minimum absolute atomic E-state index is 0.0832. The van der Waals surface area contributed by atoms with E-state index in [-0.39, 0.29) is 22.4 Å². The molecule has 0 bridgehead atoms. The molecule has 1 amide bonds. The zero-order valence-corrected chi connectivity index (χ0v) is 22.3. The third kappa shape index (κ3) is 4.98. The topological polar surface area (TPSA) is 84.5 Å². The van der Waals surface area contributed by atoms with Crippen LogP contribution in [0.3, 0.4) is 0 Å². The molecule has 0 fully saturated rings. The first kappa shape index (κ1) is 25.8. The Kier molecular flexibility index (Phi) is 7.14. The molecule has 1 heterocycles. The average molecular weight is 507 g/mol. The highest BCUT2D eigenvalue weighted by atomic mass is 32.2. The fourth-order valence-corrected chi connectivity index (χ4v) is 6.16. The van der Waals surface area contributed by atoms with Gasteiger partial charge in [-0.25, -0.2) is 8.42 Å². The summed E-state index contributed by atoms with van der Waals surface area (Å²) in [4.78, 5) is 13.5. The number of anilines is 1. The zero-order valence-electron chi connectivity index (χ0n) is 21.5. The molecular weight excluding hydrogens is 472 g/mol. The summed E-state index contributed by atoms with van der Waals surface area (Å²) in [5, 5.41) is 3.14. The lowest BCUT2D eigenvalue weighted by Gasteiger charge is -2.41. The number of para-hydroxylation sites is 1. The first-order chi connectivity index (χ1) is 17.1. The van der Waals surface area contributed by atoms with Crippen molar-refractivity contribution >= 4 is 21.6 Å². The van der Waals surface area contributed by atoms with Crippen LogP contribution in [-0.2, 0) is 10.0 Å². The molecule has 1 aliphatic rings. The van der Waals surface area contributed by atoms with Gasteiger partial charge >= 0.3 is 0 Å². The lowest BCUT2D eigenvalue weighted by Crippen LogP contribution is -2.44. The maximum Gasteiger partial charge on any atom is 0.262 e. The molecule has 190 valence electrons. The first-order valence-electron chi connectivity index (χ1n) is 12.4. The van der Waals surface area contributed by atoms with Crippen molar-refractivity contribution in [1.29, 1.82) is 0 Å². The Labute approximate surface area is 214 Å². The predicted molar refractivity (Wildman–Crippen MR) is 143 cm³/mol. The number of aryl methyl sites for hydroxylation is 2. The number of nitrogens with one attached hydrogen (secondary N) is 2. The van der Waals surface area contributed by atoms with E-state index in [4.69, 9.17) is 4.74 Å². The van der Waals surface area contributed by atoms with E-state index in [0.29, 0.717) is 23.2 Å². The number of amides is 1. The smallest absolute Gasteiger partial charge is 0.262 e. The van der Waals surface area contributed by atoms with Crippen LogP contribution in [0.15, 0.2) is 65.6 Å². The maximum atomic E-state index is 13.4. The third-order valence-electron chi connectivity index (χ3n) is 7.38. The van der Waals surface area contributed by atoms with Crippen molar-refractivity contribution in [3.05, 3.63) is 88.5 Å². The van der Waals surface area contributed by atoms with Crippen molar-refractivity contribution in [2.24, 2.45) is 0 Å². The number of rotatable bonds is 7. The van der Waals surface area contributed by atoms with Crippen LogP contribution >= 0.6 is 0 Å². The molecule has 1 aliphatic heterocycles. The molecule has 1 atom stereocenters. The maximum absolute atomic E-state index is 13.4. The van der Waals surface area contributed by atoms with Crippen molar-refractivity contribution in [2.45, 2.75) is 70.4 Å². The van der Waals surface area contributed by atoms with Gasteiger partial charge in [-0.1, -0.05) is 50.2 Å². The Bertz CT molecular complexity index is 1390. The van der Waals surface area contributed by atoms with E-state index in [1.165, 1.54) is 6.07 Å². The molecule has 0 saturated heterocycles. The summed E-state index contributed by atoms with van der Waals surface area (Å²) in [6.07, 6.45) is 2.29. The molecule has 7 heteroatoms. The monoisotopic (exact) mass is 506 g/mol. The Hall–Kier alpha value is -3.32. The van der Waals surface area contributed by atoms with Crippen LogP contribution in [0.25, 0.3) is 0 Å².